The summed E-state index contributed by atoms with van der Waals surface area (Å²) in [5.74, 6) is -0.215. The molecule has 0 bridgehead atoms. The van der Waals surface area contributed by atoms with Gasteiger partial charge in [-0.3, -0.25) is 0 Å². The third-order valence-electron chi connectivity index (χ3n) is 4.09. The predicted molar refractivity (Wildman–Crippen MR) is 89.2 cm³/mol. The van der Waals surface area contributed by atoms with Crippen LogP contribution in [0.5, 0.6) is 0 Å². The maximum atomic E-state index is 13.4. The first-order valence-corrected chi connectivity index (χ1v) is 7.61. The zero-order valence-electron chi connectivity index (χ0n) is 12.5. The van der Waals surface area contributed by atoms with Gasteiger partial charge in [0.25, 0.3) is 0 Å². The van der Waals surface area contributed by atoms with E-state index >= 15 is 0 Å². The largest absolute Gasteiger partial charge is 0.324 e. The molecule has 1 aromatic heterocycles. The quantitative estimate of drug-likeness (QED) is 0.777. The third kappa shape index (κ3) is 2.75. The number of rotatable bonds is 3. The highest BCUT2D eigenvalue weighted by atomic mass is 19.1. The first kappa shape index (κ1) is 13.8. The second kappa shape index (κ2) is 5.72. The first-order chi connectivity index (χ1) is 11.3. The average Bonchev–Trinajstić information content (AvgIpc) is 3.27. The molecule has 1 aliphatic rings. The summed E-state index contributed by atoms with van der Waals surface area (Å²) < 4.78 is 15.4. The molecule has 3 aromatic rings. The molecule has 4 rings (SSSR count). The van der Waals surface area contributed by atoms with Crippen molar-refractivity contribution >= 4 is 5.71 Å². The van der Waals surface area contributed by atoms with Gasteiger partial charge in [-0.2, -0.15) is 5.10 Å². The van der Waals surface area contributed by atoms with Gasteiger partial charge in [0.2, 0.25) is 0 Å². The van der Waals surface area contributed by atoms with Crippen molar-refractivity contribution in [1.82, 2.24) is 9.99 Å². The molecule has 114 valence electrons. The number of nitrogens with zero attached hydrogens (tertiary/aromatic N) is 2. The van der Waals surface area contributed by atoms with Crippen LogP contribution in [-0.4, -0.2) is 10.3 Å². The smallest absolute Gasteiger partial charge is 0.123 e. The molecule has 1 N–H and O–H groups in total. The van der Waals surface area contributed by atoms with Crippen LogP contribution in [0.4, 0.5) is 4.39 Å². The number of hydrogen-bond donors (Lipinski definition) is 1. The third-order valence-corrected chi connectivity index (χ3v) is 4.09. The van der Waals surface area contributed by atoms with Crippen LogP contribution >= 0.6 is 0 Å². The average molecular weight is 305 g/mol. The highest BCUT2D eigenvalue weighted by molar-refractivity contribution is 6.02. The molecule has 2 aromatic carbocycles. The molecule has 3 nitrogen and oxygen atoms in total. The van der Waals surface area contributed by atoms with E-state index in [0.29, 0.717) is 0 Å². The molecule has 2 heterocycles. The summed E-state index contributed by atoms with van der Waals surface area (Å²) in [6.07, 6.45) is 4.78. The Morgan fingerprint density at radius 2 is 1.83 bits per heavy atom. The summed E-state index contributed by atoms with van der Waals surface area (Å²) in [5.41, 5.74) is 7.22. The maximum Gasteiger partial charge on any atom is 0.123 e. The molecule has 0 saturated heterocycles. The summed E-state index contributed by atoms with van der Waals surface area (Å²) in [6.45, 7) is 0. The van der Waals surface area contributed by atoms with Crippen molar-refractivity contribution in [2.45, 2.75) is 12.5 Å². The van der Waals surface area contributed by atoms with Gasteiger partial charge < -0.3 is 9.99 Å². The van der Waals surface area contributed by atoms with Crippen LogP contribution in [-0.2, 0) is 0 Å². The van der Waals surface area contributed by atoms with Crippen molar-refractivity contribution in [3.63, 3.8) is 0 Å². The summed E-state index contributed by atoms with van der Waals surface area (Å²) in [4.78, 5) is 0. The molecule has 0 saturated carbocycles. The highest BCUT2D eigenvalue weighted by Gasteiger charge is 2.21. The molecule has 0 radical (unpaired) electrons. The van der Waals surface area contributed by atoms with E-state index in [4.69, 9.17) is 0 Å². The lowest BCUT2D eigenvalue weighted by Gasteiger charge is -2.10. The Balaban J connectivity index is 1.57. The molecular formula is C19H16FN3. The van der Waals surface area contributed by atoms with Crippen molar-refractivity contribution in [3.8, 4) is 5.69 Å². The fourth-order valence-corrected chi connectivity index (χ4v) is 2.89. The van der Waals surface area contributed by atoms with E-state index in [0.717, 1.165) is 28.9 Å². The van der Waals surface area contributed by atoms with Gasteiger partial charge in [-0.1, -0.05) is 24.3 Å². The van der Waals surface area contributed by atoms with E-state index in [2.05, 4.69) is 33.3 Å². The number of aromatic nitrogens is 1. The fourth-order valence-electron chi connectivity index (χ4n) is 2.89. The zero-order valence-corrected chi connectivity index (χ0v) is 12.5. The van der Waals surface area contributed by atoms with Crippen LogP contribution in [0.2, 0.25) is 0 Å². The Bertz CT molecular complexity index is 853. The first-order valence-electron chi connectivity index (χ1n) is 7.61. The topological polar surface area (TPSA) is 29.3 Å². The summed E-state index contributed by atoms with van der Waals surface area (Å²) >= 11 is 0. The minimum absolute atomic E-state index is 0.0240. The van der Waals surface area contributed by atoms with Crippen LogP contribution in [0, 0.1) is 5.82 Å². The lowest BCUT2D eigenvalue weighted by atomic mass is 9.99. The van der Waals surface area contributed by atoms with Gasteiger partial charge in [0, 0.05) is 24.5 Å². The van der Waals surface area contributed by atoms with E-state index in [1.54, 1.807) is 12.1 Å². The van der Waals surface area contributed by atoms with Crippen molar-refractivity contribution in [2.24, 2.45) is 5.10 Å². The van der Waals surface area contributed by atoms with E-state index < -0.39 is 0 Å². The molecule has 1 aliphatic heterocycles. The lowest BCUT2D eigenvalue weighted by Crippen LogP contribution is -2.10. The lowest BCUT2D eigenvalue weighted by molar-refractivity contribution is 0.596. The molecule has 0 spiro atoms. The highest BCUT2D eigenvalue weighted by Crippen LogP contribution is 2.25. The molecule has 23 heavy (non-hydrogen) atoms. The van der Waals surface area contributed by atoms with Gasteiger partial charge in [-0.25, -0.2) is 4.39 Å². The molecule has 0 aliphatic carbocycles. The normalized spacial score (nSPS) is 16.9. The summed E-state index contributed by atoms with van der Waals surface area (Å²) in [7, 11) is 0. The second-order valence-corrected chi connectivity index (χ2v) is 5.64. The van der Waals surface area contributed by atoms with E-state index in [1.165, 1.54) is 6.07 Å². The van der Waals surface area contributed by atoms with Gasteiger partial charge in [0.1, 0.15) is 5.82 Å². The number of halogens is 1. The zero-order chi connectivity index (χ0) is 15.6. The Morgan fingerprint density at radius 1 is 1.00 bits per heavy atom. The minimum atomic E-state index is -0.215. The van der Waals surface area contributed by atoms with E-state index in [9.17, 15) is 4.39 Å². The Morgan fingerprint density at radius 3 is 2.65 bits per heavy atom. The molecule has 1 atom stereocenters. The van der Waals surface area contributed by atoms with Gasteiger partial charge in [-0.05, 0) is 47.5 Å². The fraction of sp³-hybridized carbons (Fsp3) is 0.105. The molecule has 0 amide bonds. The van der Waals surface area contributed by atoms with E-state index in [1.807, 2.05) is 36.7 Å². The van der Waals surface area contributed by atoms with Crippen molar-refractivity contribution in [1.29, 1.82) is 0 Å². The molecule has 1 unspecified atom stereocenters. The van der Waals surface area contributed by atoms with Gasteiger partial charge in [0.05, 0.1) is 11.8 Å². The standard InChI is InChI=1S/C19H16FN3/c20-16-7-3-5-14(11-16)18-13-19(22-21-18)15-6-4-8-17(12-15)23-9-1-2-10-23/h1-12,18,21H,13H2. The van der Waals surface area contributed by atoms with Gasteiger partial charge in [-0.15, -0.1) is 0 Å². The predicted octanol–water partition coefficient (Wildman–Crippen LogP) is 4.06. The number of hydrogen-bond acceptors (Lipinski definition) is 2. The number of benzene rings is 2. The number of nitrogens with one attached hydrogen (secondary N) is 1. The summed E-state index contributed by atoms with van der Waals surface area (Å²) in [6, 6.07) is 19.0. The van der Waals surface area contributed by atoms with Crippen LogP contribution in [0.1, 0.15) is 23.6 Å². The molecule has 4 heteroatoms. The van der Waals surface area contributed by atoms with Crippen molar-refractivity contribution < 1.29 is 4.39 Å². The van der Waals surface area contributed by atoms with Crippen LogP contribution in [0.3, 0.4) is 0 Å². The second-order valence-electron chi connectivity index (χ2n) is 5.64. The van der Waals surface area contributed by atoms with Gasteiger partial charge in [0.15, 0.2) is 0 Å². The SMILES string of the molecule is Fc1cccc(C2CC(c3cccc(-n4cccc4)c3)=NN2)c1. The Hall–Kier alpha value is -2.88. The number of hydrazone groups is 1. The Labute approximate surface area is 134 Å². The van der Waals surface area contributed by atoms with Gasteiger partial charge >= 0.3 is 0 Å². The van der Waals surface area contributed by atoms with Crippen LogP contribution in [0.25, 0.3) is 5.69 Å². The maximum absolute atomic E-state index is 13.4. The summed E-state index contributed by atoms with van der Waals surface area (Å²) in [5, 5.41) is 4.45. The van der Waals surface area contributed by atoms with E-state index in [-0.39, 0.29) is 11.9 Å². The molecule has 0 fully saturated rings. The van der Waals surface area contributed by atoms with Crippen LogP contribution in [0.15, 0.2) is 78.2 Å². The monoisotopic (exact) mass is 305 g/mol. The minimum Gasteiger partial charge on any atom is -0.324 e. The molecular weight excluding hydrogens is 289 g/mol. The van der Waals surface area contributed by atoms with Crippen LogP contribution < -0.4 is 5.43 Å². The van der Waals surface area contributed by atoms with Crippen molar-refractivity contribution in [3.05, 3.63) is 90.0 Å². The Kier molecular flexibility index (Phi) is 3.42. The van der Waals surface area contributed by atoms with Crippen molar-refractivity contribution in [2.75, 3.05) is 0 Å².